The Morgan fingerprint density at radius 3 is 2.93 bits per heavy atom. The molecule has 2 N–H and O–H groups in total. The fraction of sp³-hybridized carbons (Fsp3) is 0.238. The van der Waals surface area contributed by atoms with Crippen molar-refractivity contribution in [1.29, 1.82) is 0 Å². The van der Waals surface area contributed by atoms with E-state index in [-0.39, 0.29) is 22.3 Å². The van der Waals surface area contributed by atoms with Gasteiger partial charge in [0.2, 0.25) is 5.88 Å². The number of H-pyrrole nitrogens is 1. The second kappa shape index (κ2) is 8.81. The summed E-state index contributed by atoms with van der Waals surface area (Å²) in [6.07, 6.45) is 8.00. The SMILES string of the molecule is O=c1[nH]c(=S)n(-c2cccc(Cl)c2)c(O)c1/C=N/N1CCCC[C@@H]1c1cccnc1. The number of benzene rings is 1. The Morgan fingerprint density at radius 2 is 2.17 bits per heavy atom. The zero-order valence-corrected chi connectivity index (χ0v) is 17.6. The summed E-state index contributed by atoms with van der Waals surface area (Å²) in [5.74, 6) is -0.287. The number of pyridine rings is 1. The van der Waals surface area contributed by atoms with Crippen molar-refractivity contribution in [3.05, 3.63) is 80.1 Å². The Kier molecular flexibility index (Phi) is 5.96. The molecule has 30 heavy (non-hydrogen) atoms. The van der Waals surface area contributed by atoms with Crippen LogP contribution in [0.25, 0.3) is 5.69 Å². The van der Waals surface area contributed by atoms with E-state index < -0.39 is 5.56 Å². The van der Waals surface area contributed by atoms with Gasteiger partial charge in [0.15, 0.2) is 4.77 Å². The molecular formula is C21H20ClN5O2S. The van der Waals surface area contributed by atoms with Crippen LogP contribution in [0.1, 0.15) is 36.4 Å². The average molecular weight is 442 g/mol. The van der Waals surface area contributed by atoms with Crippen molar-refractivity contribution < 1.29 is 5.11 Å². The average Bonchev–Trinajstić information content (AvgIpc) is 2.74. The Labute approximate surface area is 183 Å². The first-order valence-electron chi connectivity index (χ1n) is 9.59. The fourth-order valence-corrected chi connectivity index (χ4v) is 4.08. The number of hydrogen-bond acceptors (Lipinski definition) is 6. The summed E-state index contributed by atoms with van der Waals surface area (Å²) in [5, 5.41) is 17.8. The van der Waals surface area contributed by atoms with E-state index in [2.05, 4.69) is 15.1 Å². The van der Waals surface area contributed by atoms with Gasteiger partial charge in [0, 0.05) is 24.0 Å². The number of piperidine rings is 1. The third-order valence-electron chi connectivity index (χ3n) is 5.07. The normalized spacial score (nSPS) is 16.8. The first kappa shape index (κ1) is 20.3. The van der Waals surface area contributed by atoms with E-state index in [1.807, 2.05) is 23.3 Å². The van der Waals surface area contributed by atoms with Crippen molar-refractivity contribution in [2.75, 3.05) is 6.54 Å². The predicted octanol–water partition coefficient (Wildman–Crippen LogP) is 4.21. The van der Waals surface area contributed by atoms with Gasteiger partial charge < -0.3 is 5.11 Å². The van der Waals surface area contributed by atoms with Crippen LogP contribution in [0.15, 0.2) is 58.7 Å². The molecule has 7 nitrogen and oxygen atoms in total. The minimum atomic E-state index is -0.505. The smallest absolute Gasteiger partial charge is 0.264 e. The highest BCUT2D eigenvalue weighted by atomic mass is 35.5. The second-order valence-electron chi connectivity index (χ2n) is 7.02. The fourth-order valence-electron chi connectivity index (χ4n) is 3.61. The number of aromatic nitrogens is 3. The molecule has 1 aromatic carbocycles. The molecule has 4 rings (SSSR count). The summed E-state index contributed by atoms with van der Waals surface area (Å²) in [6, 6.07) is 10.8. The lowest BCUT2D eigenvalue weighted by atomic mass is 9.98. The molecule has 1 aliphatic rings. The lowest BCUT2D eigenvalue weighted by Gasteiger charge is -2.33. The van der Waals surface area contributed by atoms with Gasteiger partial charge in [0.05, 0.1) is 17.9 Å². The van der Waals surface area contributed by atoms with Gasteiger partial charge in [-0.05, 0) is 61.3 Å². The molecule has 0 radical (unpaired) electrons. The van der Waals surface area contributed by atoms with Crippen LogP contribution in [0, 0.1) is 4.77 Å². The number of nitrogens with one attached hydrogen (secondary N) is 1. The van der Waals surface area contributed by atoms with E-state index in [1.165, 1.54) is 10.8 Å². The molecule has 154 valence electrons. The molecule has 0 saturated carbocycles. The van der Waals surface area contributed by atoms with Crippen molar-refractivity contribution in [1.82, 2.24) is 19.5 Å². The minimum Gasteiger partial charge on any atom is -0.494 e. The summed E-state index contributed by atoms with van der Waals surface area (Å²) >= 11 is 11.3. The predicted molar refractivity (Wildman–Crippen MR) is 119 cm³/mol. The van der Waals surface area contributed by atoms with Gasteiger partial charge in [-0.1, -0.05) is 23.7 Å². The van der Waals surface area contributed by atoms with Crippen molar-refractivity contribution in [2.24, 2.45) is 5.10 Å². The maximum absolute atomic E-state index is 12.5. The van der Waals surface area contributed by atoms with Crippen molar-refractivity contribution >= 4 is 30.0 Å². The van der Waals surface area contributed by atoms with Crippen LogP contribution in [0.5, 0.6) is 5.88 Å². The molecule has 3 aromatic rings. The minimum absolute atomic E-state index is 0.0269. The van der Waals surface area contributed by atoms with Crippen LogP contribution in [0.4, 0.5) is 0 Å². The molecule has 0 amide bonds. The summed E-state index contributed by atoms with van der Waals surface area (Å²) in [4.78, 5) is 19.3. The molecular weight excluding hydrogens is 422 g/mol. The van der Waals surface area contributed by atoms with Crippen molar-refractivity contribution in [3.8, 4) is 11.6 Å². The van der Waals surface area contributed by atoms with Crippen molar-refractivity contribution in [3.63, 3.8) is 0 Å². The molecule has 9 heteroatoms. The van der Waals surface area contributed by atoms with E-state index in [1.54, 1.807) is 30.5 Å². The first-order chi connectivity index (χ1) is 14.5. The number of aromatic hydroxyl groups is 1. The van der Waals surface area contributed by atoms with Gasteiger partial charge in [-0.3, -0.25) is 24.3 Å². The van der Waals surface area contributed by atoms with E-state index in [0.717, 1.165) is 31.4 Å². The van der Waals surface area contributed by atoms with Gasteiger partial charge in [0.1, 0.15) is 5.56 Å². The van der Waals surface area contributed by atoms with Crippen LogP contribution in [-0.2, 0) is 0 Å². The molecule has 1 atom stereocenters. The van der Waals surface area contributed by atoms with Crippen LogP contribution in [-0.4, -0.2) is 37.4 Å². The van der Waals surface area contributed by atoms with E-state index in [0.29, 0.717) is 10.7 Å². The van der Waals surface area contributed by atoms with Gasteiger partial charge in [-0.15, -0.1) is 0 Å². The second-order valence-corrected chi connectivity index (χ2v) is 7.84. The number of halogens is 1. The summed E-state index contributed by atoms with van der Waals surface area (Å²) in [5.41, 5.74) is 1.14. The zero-order valence-electron chi connectivity index (χ0n) is 16.0. The molecule has 2 aromatic heterocycles. The third kappa shape index (κ3) is 4.15. The Balaban J connectivity index is 1.72. The van der Waals surface area contributed by atoms with Gasteiger partial charge in [-0.2, -0.15) is 5.10 Å². The summed E-state index contributed by atoms with van der Waals surface area (Å²) in [7, 11) is 0. The van der Waals surface area contributed by atoms with Crippen molar-refractivity contribution in [2.45, 2.75) is 25.3 Å². The first-order valence-corrected chi connectivity index (χ1v) is 10.4. The lowest BCUT2D eigenvalue weighted by molar-refractivity contribution is 0.156. The number of hydrogen-bond donors (Lipinski definition) is 2. The van der Waals surface area contributed by atoms with Crippen LogP contribution < -0.4 is 5.56 Å². The van der Waals surface area contributed by atoms with E-state index in [4.69, 9.17) is 23.8 Å². The lowest BCUT2D eigenvalue weighted by Crippen LogP contribution is -2.29. The maximum atomic E-state index is 12.5. The topological polar surface area (TPSA) is 86.5 Å². The zero-order chi connectivity index (χ0) is 21.1. The van der Waals surface area contributed by atoms with Gasteiger partial charge >= 0.3 is 0 Å². The number of hydrazone groups is 1. The number of nitrogens with zero attached hydrogens (tertiary/aromatic N) is 4. The monoisotopic (exact) mass is 441 g/mol. The number of rotatable bonds is 4. The highest BCUT2D eigenvalue weighted by Gasteiger charge is 2.23. The maximum Gasteiger partial charge on any atom is 0.264 e. The van der Waals surface area contributed by atoms with Gasteiger partial charge in [-0.25, -0.2) is 0 Å². The summed E-state index contributed by atoms with van der Waals surface area (Å²) < 4.78 is 1.43. The molecule has 0 aliphatic carbocycles. The van der Waals surface area contributed by atoms with E-state index in [9.17, 15) is 9.90 Å². The standard InChI is InChI=1S/C21H20ClN5O2S/c22-15-6-3-7-16(11-15)27-20(29)17(19(28)25-21(27)30)13-24-26-10-2-1-8-18(26)14-5-4-9-23-12-14/h3-7,9,11-13,18,29H,1-2,8,10H2,(H,25,28,30)/b24-13+/t18-/m1/s1. The quantitative estimate of drug-likeness (QED) is 0.468. The molecule has 0 spiro atoms. The van der Waals surface area contributed by atoms with Crippen LogP contribution in [0.3, 0.4) is 0 Å². The molecule has 1 saturated heterocycles. The van der Waals surface area contributed by atoms with Gasteiger partial charge in [0.25, 0.3) is 5.56 Å². The summed E-state index contributed by atoms with van der Waals surface area (Å²) in [6.45, 7) is 0.752. The number of aromatic amines is 1. The van der Waals surface area contributed by atoms with E-state index >= 15 is 0 Å². The Hall–Kier alpha value is -2.97. The highest BCUT2D eigenvalue weighted by Crippen LogP contribution is 2.30. The Morgan fingerprint density at radius 1 is 1.30 bits per heavy atom. The molecule has 0 bridgehead atoms. The van der Waals surface area contributed by atoms with Crippen LogP contribution >= 0.6 is 23.8 Å². The Bertz CT molecular complexity index is 1190. The molecule has 1 fully saturated rings. The third-order valence-corrected chi connectivity index (χ3v) is 5.59. The largest absolute Gasteiger partial charge is 0.494 e. The molecule has 0 unspecified atom stereocenters. The molecule has 1 aliphatic heterocycles. The molecule has 3 heterocycles. The highest BCUT2D eigenvalue weighted by molar-refractivity contribution is 7.71. The van der Waals surface area contributed by atoms with Crippen LogP contribution in [0.2, 0.25) is 5.02 Å².